The Bertz CT molecular complexity index is 267. The van der Waals surface area contributed by atoms with Crippen molar-refractivity contribution in [3.8, 4) is 0 Å². The van der Waals surface area contributed by atoms with Gasteiger partial charge in [-0.1, -0.05) is 33.6 Å². The van der Waals surface area contributed by atoms with E-state index in [1.54, 1.807) is 0 Å². The summed E-state index contributed by atoms with van der Waals surface area (Å²) in [6.07, 6.45) is 3.81. The van der Waals surface area contributed by atoms with Crippen LogP contribution in [0.3, 0.4) is 0 Å². The highest BCUT2D eigenvalue weighted by Crippen LogP contribution is 2.16. The molecule has 0 rings (SSSR count). The summed E-state index contributed by atoms with van der Waals surface area (Å²) >= 11 is 0. The van der Waals surface area contributed by atoms with Crippen LogP contribution in [0.25, 0.3) is 0 Å². The van der Waals surface area contributed by atoms with Crippen molar-refractivity contribution >= 4 is 12.0 Å². The van der Waals surface area contributed by atoms with Gasteiger partial charge in [0.1, 0.15) is 0 Å². The number of hydrogen-bond donors (Lipinski definition) is 3. The number of carbonyl (C=O) groups excluding carboxylic acids is 1. The Hall–Kier alpha value is -1.26. The molecule has 0 aliphatic carbocycles. The van der Waals surface area contributed by atoms with E-state index in [9.17, 15) is 9.59 Å². The van der Waals surface area contributed by atoms with Crippen molar-refractivity contribution < 1.29 is 14.7 Å². The summed E-state index contributed by atoms with van der Waals surface area (Å²) in [5.41, 5.74) is 0. The van der Waals surface area contributed by atoms with Crippen LogP contribution in [0.5, 0.6) is 0 Å². The largest absolute Gasteiger partial charge is 0.481 e. The molecular formula is C14H28N2O3. The summed E-state index contributed by atoms with van der Waals surface area (Å²) < 4.78 is 0. The first-order valence-corrected chi connectivity index (χ1v) is 7.19. The van der Waals surface area contributed by atoms with Crippen LogP contribution >= 0.6 is 0 Å². The summed E-state index contributed by atoms with van der Waals surface area (Å²) in [6.45, 7) is 7.46. The Morgan fingerprint density at radius 2 is 1.79 bits per heavy atom. The molecule has 2 amide bonds. The maximum Gasteiger partial charge on any atom is 0.314 e. The van der Waals surface area contributed by atoms with Crippen molar-refractivity contribution in [2.24, 2.45) is 11.8 Å². The number of aliphatic carboxylic acids is 1. The minimum absolute atomic E-state index is 0.137. The lowest BCUT2D eigenvalue weighted by Crippen LogP contribution is -2.38. The van der Waals surface area contributed by atoms with Crippen molar-refractivity contribution in [1.82, 2.24) is 10.6 Å². The maximum absolute atomic E-state index is 11.4. The number of nitrogens with one attached hydrogen (secondary N) is 2. The van der Waals surface area contributed by atoms with E-state index in [1.807, 2.05) is 13.8 Å². The third kappa shape index (κ3) is 11.6. The molecule has 1 unspecified atom stereocenters. The Kier molecular flexibility index (Phi) is 9.94. The van der Waals surface area contributed by atoms with Gasteiger partial charge >= 0.3 is 12.0 Å². The van der Waals surface area contributed by atoms with Crippen molar-refractivity contribution in [1.29, 1.82) is 0 Å². The molecule has 0 aromatic rings. The normalized spacial score (nSPS) is 12.2. The molecular weight excluding hydrogens is 244 g/mol. The van der Waals surface area contributed by atoms with Gasteiger partial charge in [-0.2, -0.15) is 0 Å². The molecule has 0 saturated heterocycles. The predicted octanol–water partition coefficient (Wildman–Crippen LogP) is 2.61. The second-order valence-corrected chi connectivity index (χ2v) is 5.41. The number of carboxylic acid groups (broad SMARTS) is 1. The zero-order chi connectivity index (χ0) is 14.7. The first kappa shape index (κ1) is 17.7. The summed E-state index contributed by atoms with van der Waals surface area (Å²) in [5.74, 6) is 0.0735. The number of rotatable bonds is 10. The highest BCUT2D eigenvalue weighted by molar-refractivity contribution is 5.73. The van der Waals surface area contributed by atoms with Gasteiger partial charge in [0.25, 0.3) is 0 Å². The van der Waals surface area contributed by atoms with Gasteiger partial charge in [0.05, 0.1) is 0 Å². The van der Waals surface area contributed by atoms with E-state index in [0.29, 0.717) is 31.3 Å². The smallest absolute Gasteiger partial charge is 0.314 e. The molecule has 0 aromatic carbocycles. The molecule has 0 spiro atoms. The molecule has 0 saturated carbocycles. The minimum Gasteiger partial charge on any atom is -0.481 e. The van der Waals surface area contributed by atoms with Crippen molar-refractivity contribution in [2.75, 3.05) is 13.1 Å². The van der Waals surface area contributed by atoms with Crippen LogP contribution in [0.2, 0.25) is 0 Å². The van der Waals surface area contributed by atoms with Crippen LogP contribution in [0.15, 0.2) is 0 Å². The van der Waals surface area contributed by atoms with Crippen LogP contribution in [-0.2, 0) is 4.79 Å². The van der Waals surface area contributed by atoms with Crippen molar-refractivity contribution in [2.45, 2.75) is 52.9 Å². The van der Waals surface area contributed by atoms with E-state index in [0.717, 1.165) is 19.3 Å². The van der Waals surface area contributed by atoms with E-state index in [1.165, 1.54) is 0 Å². The monoisotopic (exact) mass is 272 g/mol. The zero-order valence-electron chi connectivity index (χ0n) is 12.4. The van der Waals surface area contributed by atoms with E-state index in [2.05, 4.69) is 17.6 Å². The first-order valence-electron chi connectivity index (χ1n) is 7.19. The summed E-state index contributed by atoms with van der Waals surface area (Å²) in [6, 6.07) is -0.137. The van der Waals surface area contributed by atoms with Crippen LogP contribution in [-0.4, -0.2) is 30.2 Å². The number of carbonyl (C=O) groups is 2. The summed E-state index contributed by atoms with van der Waals surface area (Å²) in [4.78, 5) is 22.0. The number of hydrogen-bond acceptors (Lipinski definition) is 2. The first-order chi connectivity index (χ1) is 8.95. The average Bonchev–Trinajstić information content (AvgIpc) is 2.33. The fraction of sp³-hybridized carbons (Fsp3) is 0.857. The van der Waals surface area contributed by atoms with Gasteiger partial charge in [0, 0.05) is 19.5 Å². The standard InChI is InChI=1S/C14H28N2O3/c1-4-5-12(6-7-13(17)18)8-9-15-14(19)16-10-11(2)3/h11-12H,4-10H2,1-3H3,(H,17,18)(H2,15,16,19). The highest BCUT2D eigenvalue weighted by atomic mass is 16.4. The van der Waals surface area contributed by atoms with Gasteiger partial charge < -0.3 is 15.7 Å². The van der Waals surface area contributed by atoms with E-state index < -0.39 is 5.97 Å². The molecule has 0 radical (unpaired) electrons. The Labute approximate surface area is 116 Å². The average molecular weight is 272 g/mol. The molecule has 112 valence electrons. The SMILES string of the molecule is CCCC(CCNC(=O)NCC(C)C)CCC(=O)O. The Balaban J connectivity index is 3.78. The molecule has 1 atom stereocenters. The number of urea groups is 1. The van der Waals surface area contributed by atoms with Crippen molar-refractivity contribution in [3.63, 3.8) is 0 Å². The predicted molar refractivity (Wildman–Crippen MR) is 76.1 cm³/mol. The van der Waals surface area contributed by atoms with E-state index in [4.69, 9.17) is 5.11 Å². The molecule has 5 heteroatoms. The maximum atomic E-state index is 11.4. The van der Waals surface area contributed by atoms with Gasteiger partial charge in [-0.3, -0.25) is 4.79 Å². The molecule has 0 bridgehead atoms. The van der Waals surface area contributed by atoms with E-state index >= 15 is 0 Å². The van der Waals surface area contributed by atoms with Gasteiger partial charge in [-0.05, 0) is 24.7 Å². The molecule has 0 fully saturated rings. The van der Waals surface area contributed by atoms with Crippen molar-refractivity contribution in [3.05, 3.63) is 0 Å². The van der Waals surface area contributed by atoms with Gasteiger partial charge in [0.2, 0.25) is 0 Å². The van der Waals surface area contributed by atoms with Gasteiger partial charge in [-0.15, -0.1) is 0 Å². The third-order valence-corrected chi connectivity index (χ3v) is 2.97. The molecule has 0 heterocycles. The molecule has 0 aliphatic heterocycles. The number of carboxylic acids is 1. The topological polar surface area (TPSA) is 78.4 Å². The second-order valence-electron chi connectivity index (χ2n) is 5.41. The molecule has 0 aromatic heterocycles. The molecule has 5 nitrogen and oxygen atoms in total. The lowest BCUT2D eigenvalue weighted by Gasteiger charge is -2.16. The second kappa shape index (κ2) is 10.6. The molecule has 0 aliphatic rings. The van der Waals surface area contributed by atoms with E-state index in [-0.39, 0.29) is 12.5 Å². The Morgan fingerprint density at radius 1 is 1.11 bits per heavy atom. The highest BCUT2D eigenvalue weighted by Gasteiger charge is 2.10. The fourth-order valence-electron chi connectivity index (χ4n) is 1.92. The van der Waals surface area contributed by atoms with Gasteiger partial charge in [-0.25, -0.2) is 4.79 Å². The molecule has 19 heavy (non-hydrogen) atoms. The van der Waals surface area contributed by atoms with Crippen LogP contribution in [0, 0.1) is 11.8 Å². The lowest BCUT2D eigenvalue weighted by atomic mass is 9.94. The minimum atomic E-state index is -0.747. The van der Waals surface area contributed by atoms with Crippen LogP contribution in [0.4, 0.5) is 4.79 Å². The summed E-state index contributed by atoms with van der Waals surface area (Å²) in [7, 11) is 0. The van der Waals surface area contributed by atoms with Gasteiger partial charge in [0.15, 0.2) is 0 Å². The fourth-order valence-corrected chi connectivity index (χ4v) is 1.92. The number of amides is 2. The molecule has 3 N–H and O–H groups in total. The van der Waals surface area contributed by atoms with Crippen LogP contribution < -0.4 is 10.6 Å². The lowest BCUT2D eigenvalue weighted by molar-refractivity contribution is -0.137. The quantitative estimate of drug-likeness (QED) is 0.572. The summed E-state index contributed by atoms with van der Waals surface area (Å²) in [5, 5.41) is 14.3. The zero-order valence-corrected chi connectivity index (χ0v) is 12.4. The Morgan fingerprint density at radius 3 is 2.32 bits per heavy atom. The van der Waals surface area contributed by atoms with Crippen LogP contribution in [0.1, 0.15) is 52.9 Å². The third-order valence-electron chi connectivity index (χ3n) is 2.97.